The third-order valence-corrected chi connectivity index (χ3v) is 4.19. The number of aromatic amines is 1. The summed E-state index contributed by atoms with van der Waals surface area (Å²) >= 11 is 0. The minimum atomic E-state index is -3.52. The molecule has 0 amide bonds. The Morgan fingerprint density at radius 1 is 1.29 bits per heavy atom. The van der Waals surface area contributed by atoms with Crippen LogP contribution in [0.5, 0.6) is 0 Å². The van der Waals surface area contributed by atoms with Gasteiger partial charge in [0.15, 0.2) is 0 Å². The maximum atomic E-state index is 12.1. The van der Waals surface area contributed by atoms with E-state index in [2.05, 4.69) is 26.5 Å². The standard InChI is InChI=1S/C14H16N4O2S/c15-8-1-2-12-3-5-13(6-4-12)21(19,20)18-9-7-14-16-10-11-17-14/h3-6,10-11,18H,7-9,15H2,(H,16,17). The van der Waals surface area contributed by atoms with E-state index >= 15 is 0 Å². The number of imidazole rings is 1. The molecule has 0 fully saturated rings. The van der Waals surface area contributed by atoms with Gasteiger partial charge in [0.05, 0.1) is 11.4 Å². The summed E-state index contributed by atoms with van der Waals surface area (Å²) in [5, 5.41) is 0. The number of hydrogen-bond acceptors (Lipinski definition) is 4. The second kappa shape index (κ2) is 7.04. The zero-order valence-corrected chi connectivity index (χ0v) is 12.2. The van der Waals surface area contributed by atoms with Crippen LogP contribution in [-0.2, 0) is 16.4 Å². The molecule has 1 aromatic carbocycles. The SMILES string of the molecule is NCC#Cc1ccc(S(=O)(=O)NCCc2ncc[nH]2)cc1. The van der Waals surface area contributed by atoms with E-state index in [1.54, 1.807) is 24.5 Å². The Bertz CT molecular complexity index is 726. The highest BCUT2D eigenvalue weighted by Crippen LogP contribution is 2.09. The van der Waals surface area contributed by atoms with Crippen LogP contribution in [0.1, 0.15) is 11.4 Å². The fourth-order valence-electron chi connectivity index (χ4n) is 1.69. The topological polar surface area (TPSA) is 101 Å². The number of sulfonamides is 1. The van der Waals surface area contributed by atoms with Crippen molar-refractivity contribution in [2.24, 2.45) is 5.73 Å². The van der Waals surface area contributed by atoms with Crippen LogP contribution in [0, 0.1) is 11.8 Å². The van der Waals surface area contributed by atoms with Crippen molar-refractivity contribution < 1.29 is 8.42 Å². The van der Waals surface area contributed by atoms with Gasteiger partial charge in [-0.15, -0.1) is 0 Å². The molecule has 0 aliphatic carbocycles. The molecule has 7 heteroatoms. The van der Waals surface area contributed by atoms with Gasteiger partial charge >= 0.3 is 0 Å². The highest BCUT2D eigenvalue weighted by molar-refractivity contribution is 7.89. The Hall–Kier alpha value is -2.14. The number of hydrogen-bond donors (Lipinski definition) is 3. The third kappa shape index (κ3) is 4.43. The minimum Gasteiger partial charge on any atom is -0.349 e. The van der Waals surface area contributed by atoms with Gasteiger partial charge < -0.3 is 10.7 Å². The molecule has 0 bridgehead atoms. The summed E-state index contributed by atoms with van der Waals surface area (Å²) in [6, 6.07) is 6.36. The van der Waals surface area contributed by atoms with Crippen molar-refractivity contribution in [2.75, 3.05) is 13.1 Å². The average Bonchev–Trinajstić information content (AvgIpc) is 2.98. The van der Waals surface area contributed by atoms with Gasteiger partial charge in [0.25, 0.3) is 0 Å². The number of H-pyrrole nitrogens is 1. The van der Waals surface area contributed by atoms with E-state index in [9.17, 15) is 8.42 Å². The van der Waals surface area contributed by atoms with Crippen LogP contribution in [0.2, 0.25) is 0 Å². The molecule has 21 heavy (non-hydrogen) atoms. The fraction of sp³-hybridized carbons (Fsp3) is 0.214. The molecular formula is C14H16N4O2S. The summed E-state index contributed by atoms with van der Waals surface area (Å²) in [7, 11) is -3.52. The molecule has 1 aromatic heterocycles. The van der Waals surface area contributed by atoms with Crippen LogP contribution in [-0.4, -0.2) is 31.5 Å². The lowest BCUT2D eigenvalue weighted by Gasteiger charge is -2.06. The summed E-state index contributed by atoms with van der Waals surface area (Å²) in [5.41, 5.74) is 6.01. The van der Waals surface area contributed by atoms with Gasteiger partial charge in [0, 0.05) is 30.9 Å². The van der Waals surface area contributed by atoms with E-state index in [1.807, 2.05) is 0 Å². The number of aromatic nitrogens is 2. The maximum absolute atomic E-state index is 12.1. The van der Waals surface area contributed by atoms with E-state index in [-0.39, 0.29) is 18.0 Å². The Balaban J connectivity index is 1.98. The van der Waals surface area contributed by atoms with E-state index in [4.69, 9.17) is 5.73 Å². The molecular weight excluding hydrogens is 288 g/mol. The van der Waals surface area contributed by atoms with Gasteiger partial charge in [-0.1, -0.05) is 11.8 Å². The first-order valence-electron chi connectivity index (χ1n) is 6.39. The lowest BCUT2D eigenvalue weighted by Crippen LogP contribution is -2.26. The molecule has 110 valence electrons. The molecule has 0 radical (unpaired) electrons. The quantitative estimate of drug-likeness (QED) is 0.689. The second-order valence-electron chi connectivity index (χ2n) is 4.21. The first kappa shape index (κ1) is 15.3. The van der Waals surface area contributed by atoms with Crippen molar-refractivity contribution in [3.05, 3.63) is 48.0 Å². The normalized spacial score (nSPS) is 10.9. The van der Waals surface area contributed by atoms with Crippen molar-refractivity contribution in [1.82, 2.24) is 14.7 Å². The van der Waals surface area contributed by atoms with Gasteiger partial charge in [-0.25, -0.2) is 18.1 Å². The van der Waals surface area contributed by atoms with Gasteiger partial charge in [0.1, 0.15) is 5.82 Å². The van der Waals surface area contributed by atoms with Crippen LogP contribution >= 0.6 is 0 Å². The molecule has 4 N–H and O–H groups in total. The van der Waals surface area contributed by atoms with Gasteiger partial charge in [-0.2, -0.15) is 0 Å². The van der Waals surface area contributed by atoms with Crippen LogP contribution in [0.4, 0.5) is 0 Å². The molecule has 2 rings (SSSR count). The van der Waals surface area contributed by atoms with E-state index in [0.717, 1.165) is 11.4 Å². The maximum Gasteiger partial charge on any atom is 0.240 e. The summed E-state index contributed by atoms with van der Waals surface area (Å²) in [5.74, 6) is 6.30. The summed E-state index contributed by atoms with van der Waals surface area (Å²) in [6.07, 6.45) is 3.84. The number of nitrogens with one attached hydrogen (secondary N) is 2. The molecule has 0 aliphatic heterocycles. The predicted molar refractivity (Wildman–Crippen MR) is 79.9 cm³/mol. The first-order chi connectivity index (χ1) is 10.1. The zero-order chi connectivity index (χ0) is 15.1. The number of nitrogens with two attached hydrogens (primary N) is 1. The molecule has 0 unspecified atom stereocenters. The van der Waals surface area contributed by atoms with E-state index in [1.165, 1.54) is 12.1 Å². The Morgan fingerprint density at radius 2 is 2.05 bits per heavy atom. The van der Waals surface area contributed by atoms with Crippen molar-refractivity contribution in [2.45, 2.75) is 11.3 Å². The van der Waals surface area contributed by atoms with E-state index in [0.29, 0.717) is 6.42 Å². The predicted octanol–water partition coefficient (Wildman–Crippen LogP) is 0.241. The van der Waals surface area contributed by atoms with Crippen molar-refractivity contribution >= 4 is 10.0 Å². The lowest BCUT2D eigenvalue weighted by atomic mass is 10.2. The first-order valence-corrected chi connectivity index (χ1v) is 7.87. The second-order valence-corrected chi connectivity index (χ2v) is 5.98. The van der Waals surface area contributed by atoms with Gasteiger partial charge in [-0.3, -0.25) is 0 Å². The monoisotopic (exact) mass is 304 g/mol. The molecule has 0 spiro atoms. The molecule has 1 heterocycles. The van der Waals surface area contributed by atoms with Crippen LogP contribution in [0.25, 0.3) is 0 Å². The molecule has 0 saturated carbocycles. The molecule has 0 saturated heterocycles. The molecule has 2 aromatic rings. The fourth-order valence-corrected chi connectivity index (χ4v) is 2.72. The lowest BCUT2D eigenvalue weighted by molar-refractivity contribution is 0.581. The minimum absolute atomic E-state index is 0.209. The highest BCUT2D eigenvalue weighted by Gasteiger charge is 2.13. The summed E-state index contributed by atoms with van der Waals surface area (Å²) < 4.78 is 26.7. The molecule has 6 nitrogen and oxygen atoms in total. The van der Waals surface area contributed by atoms with E-state index < -0.39 is 10.0 Å². The Kier molecular flexibility index (Phi) is 5.11. The number of benzene rings is 1. The Labute approximate surface area is 123 Å². The van der Waals surface area contributed by atoms with Gasteiger partial charge in [-0.05, 0) is 24.3 Å². The van der Waals surface area contributed by atoms with Gasteiger partial charge in [0.2, 0.25) is 10.0 Å². The third-order valence-electron chi connectivity index (χ3n) is 2.71. The Morgan fingerprint density at radius 3 is 2.67 bits per heavy atom. The number of rotatable bonds is 5. The summed E-state index contributed by atoms with van der Waals surface area (Å²) in [4.78, 5) is 7.16. The van der Waals surface area contributed by atoms with Crippen LogP contribution in [0.15, 0.2) is 41.6 Å². The number of nitrogens with zero attached hydrogens (tertiary/aromatic N) is 1. The average molecular weight is 304 g/mol. The van der Waals surface area contributed by atoms with Crippen molar-refractivity contribution in [1.29, 1.82) is 0 Å². The highest BCUT2D eigenvalue weighted by atomic mass is 32.2. The van der Waals surface area contributed by atoms with Crippen molar-refractivity contribution in [3.8, 4) is 11.8 Å². The van der Waals surface area contributed by atoms with Crippen LogP contribution in [0.3, 0.4) is 0 Å². The largest absolute Gasteiger partial charge is 0.349 e. The molecule has 0 aliphatic rings. The van der Waals surface area contributed by atoms with Crippen LogP contribution < -0.4 is 10.5 Å². The zero-order valence-electron chi connectivity index (χ0n) is 11.3. The smallest absolute Gasteiger partial charge is 0.240 e. The molecule has 0 atom stereocenters. The summed E-state index contributed by atoms with van der Waals surface area (Å²) in [6.45, 7) is 0.555. The van der Waals surface area contributed by atoms with Crippen molar-refractivity contribution in [3.63, 3.8) is 0 Å².